The molecule has 0 amide bonds. The van der Waals surface area contributed by atoms with Gasteiger partial charge in [-0.15, -0.1) is 0 Å². The fourth-order valence-electron chi connectivity index (χ4n) is 0.388. The summed E-state index contributed by atoms with van der Waals surface area (Å²) in [5.41, 5.74) is 4.95. The molecule has 1 unspecified atom stereocenters. The highest BCUT2D eigenvalue weighted by atomic mass is 16.6. The van der Waals surface area contributed by atoms with E-state index in [4.69, 9.17) is 15.9 Å². The molecule has 0 fully saturated rings. The minimum absolute atomic E-state index is 0.103. The second-order valence-corrected chi connectivity index (χ2v) is 1.96. The summed E-state index contributed by atoms with van der Waals surface area (Å²) in [6.07, 6.45) is 0.884. The van der Waals surface area contributed by atoms with Crippen molar-refractivity contribution >= 4 is 0 Å². The van der Waals surface area contributed by atoms with Gasteiger partial charge in [-0.2, -0.15) is 0 Å². The summed E-state index contributed by atoms with van der Waals surface area (Å²) in [6.45, 7) is 1.67. The first-order chi connectivity index (χ1) is 4.66. The van der Waals surface area contributed by atoms with Crippen molar-refractivity contribution in [3.05, 3.63) is 12.3 Å². The van der Waals surface area contributed by atoms with Crippen LogP contribution in [-0.4, -0.2) is 29.2 Å². The first kappa shape index (κ1) is 9.42. The number of hydrogen-bond acceptors (Lipinski definition) is 4. The van der Waals surface area contributed by atoms with Crippen LogP contribution in [0.15, 0.2) is 12.3 Å². The Kier molecular flexibility index (Phi) is 4.92. The van der Waals surface area contributed by atoms with E-state index in [1.54, 1.807) is 6.92 Å². The molecule has 0 aromatic heterocycles. The van der Waals surface area contributed by atoms with Gasteiger partial charge in [0.2, 0.25) is 0 Å². The highest BCUT2D eigenvalue weighted by Gasteiger charge is 2.00. The van der Waals surface area contributed by atoms with Crippen LogP contribution < -0.4 is 5.73 Å². The van der Waals surface area contributed by atoms with Gasteiger partial charge in [-0.3, -0.25) is 0 Å². The van der Waals surface area contributed by atoms with Crippen molar-refractivity contribution in [2.75, 3.05) is 6.61 Å². The molecule has 4 nitrogen and oxygen atoms in total. The molecule has 2 atom stereocenters. The standard InChI is InChI=1S/C6H13NO3/c1-5(8)4-10-6(9)2-3-7/h2-3,5-6,8-9H,4,7H2,1H3/b3-2+/t5-,6?/m0/s1. The number of nitrogens with two attached hydrogens (primary N) is 1. The van der Waals surface area contributed by atoms with Crippen molar-refractivity contribution in [3.8, 4) is 0 Å². The Morgan fingerprint density at radius 2 is 2.20 bits per heavy atom. The summed E-state index contributed by atoms with van der Waals surface area (Å²) >= 11 is 0. The van der Waals surface area contributed by atoms with Crippen molar-refractivity contribution < 1.29 is 14.9 Å². The second kappa shape index (κ2) is 5.22. The zero-order valence-electron chi connectivity index (χ0n) is 5.90. The van der Waals surface area contributed by atoms with Crippen LogP contribution in [0.1, 0.15) is 6.92 Å². The van der Waals surface area contributed by atoms with Crippen molar-refractivity contribution in [1.82, 2.24) is 0 Å². The number of aliphatic hydroxyl groups excluding tert-OH is 2. The number of rotatable bonds is 4. The van der Waals surface area contributed by atoms with Gasteiger partial charge in [0.15, 0.2) is 6.29 Å². The predicted octanol–water partition coefficient (Wildman–Crippen LogP) is -0.825. The molecule has 0 radical (unpaired) electrons. The number of ether oxygens (including phenoxy) is 1. The largest absolute Gasteiger partial charge is 0.405 e. The van der Waals surface area contributed by atoms with E-state index in [-0.39, 0.29) is 6.61 Å². The molecule has 10 heavy (non-hydrogen) atoms. The lowest BCUT2D eigenvalue weighted by atomic mass is 10.4. The third-order valence-electron chi connectivity index (χ3n) is 0.784. The first-order valence-corrected chi connectivity index (χ1v) is 3.03. The quantitative estimate of drug-likeness (QED) is 0.454. The topological polar surface area (TPSA) is 75.7 Å². The van der Waals surface area contributed by atoms with Crippen LogP contribution in [0.3, 0.4) is 0 Å². The van der Waals surface area contributed by atoms with E-state index in [1.807, 2.05) is 0 Å². The maximum atomic E-state index is 8.80. The summed E-state index contributed by atoms with van der Waals surface area (Å²) in [5.74, 6) is 0. The molecule has 0 rings (SSSR count). The van der Waals surface area contributed by atoms with Gasteiger partial charge in [0, 0.05) is 0 Å². The van der Waals surface area contributed by atoms with E-state index in [9.17, 15) is 0 Å². The molecule has 0 bridgehead atoms. The zero-order valence-corrected chi connectivity index (χ0v) is 5.90. The smallest absolute Gasteiger partial charge is 0.175 e. The van der Waals surface area contributed by atoms with Crippen LogP contribution >= 0.6 is 0 Å². The van der Waals surface area contributed by atoms with Crippen LogP contribution in [0.4, 0.5) is 0 Å². The fourth-order valence-corrected chi connectivity index (χ4v) is 0.388. The predicted molar refractivity (Wildman–Crippen MR) is 37.0 cm³/mol. The van der Waals surface area contributed by atoms with Crippen LogP contribution in [0.2, 0.25) is 0 Å². The average molecular weight is 147 g/mol. The molecule has 0 aliphatic rings. The summed E-state index contributed by atoms with van der Waals surface area (Å²) in [7, 11) is 0. The van der Waals surface area contributed by atoms with Gasteiger partial charge in [0.1, 0.15) is 0 Å². The van der Waals surface area contributed by atoms with E-state index < -0.39 is 12.4 Å². The molecule has 4 heteroatoms. The molecule has 0 heterocycles. The van der Waals surface area contributed by atoms with Crippen molar-refractivity contribution in [1.29, 1.82) is 0 Å². The van der Waals surface area contributed by atoms with E-state index in [2.05, 4.69) is 4.74 Å². The van der Waals surface area contributed by atoms with Gasteiger partial charge in [-0.1, -0.05) is 0 Å². The minimum atomic E-state index is -1.01. The van der Waals surface area contributed by atoms with Gasteiger partial charge >= 0.3 is 0 Å². The molecule has 0 spiro atoms. The molecule has 4 N–H and O–H groups in total. The Bertz CT molecular complexity index is 103. The number of hydrogen-bond donors (Lipinski definition) is 3. The molecule has 0 aromatic rings. The lowest BCUT2D eigenvalue weighted by molar-refractivity contribution is -0.0884. The SMILES string of the molecule is C[C@H](O)COC(O)/C=C/N. The lowest BCUT2D eigenvalue weighted by Gasteiger charge is -2.08. The minimum Gasteiger partial charge on any atom is -0.405 e. The van der Waals surface area contributed by atoms with E-state index in [0.29, 0.717) is 0 Å². The van der Waals surface area contributed by atoms with Crippen molar-refractivity contribution in [2.24, 2.45) is 5.73 Å². The van der Waals surface area contributed by atoms with Crippen molar-refractivity contribution in [3.63, 3.8) is 0 Å². The normalized spacial score (nSPS) is 17.5. The Balaban J connectivity index is 3.30. The summed E-state index contributed by atoms with van der Waals surface area (Å²) in [6, 6.07) is 0. The summed E-state index contributed by atoms with van der Waals surface area (Å²) in [5, 5.41) is 17.5. The number of aliphatic hydroxyl groups is 2. The fraction of sp³-hybridized carbons (Fsp3) is 0.667. The van der Waals surface area contributed by atoms with Gasteiger partial charge in [0.05, 0.1) is 12.7 Å². The third-order valence-corrected chi connectivity index (χ3v) is 0.784. The van der Waals surface area contributed by atoms with E-state index in [1.165, 1.54) is 12.3 Å². The lowest BCUT2D eigenvalue weighted by Crippen LogP contribution is -2.17. The van der Waals surface area contributed by atoms with Gasteiger partial charge < -0.3 is 20.7 Å². The molecule has 0 aliphatic carbocycles. The molecule has 0 saturated carbocycles. The van der Waals surface area contributed by atoms with Crippen LogP contribution in [0.25, 0.3) is 0 Å². The van der Waals surface area contributed by atoms with E-state index >= 15 is 0 Å². The van der Waals surface area contributed by atoms with Gasteiger partial charge in [-0.25, -0.2) is 0 Å². The van der Waals surface area contributed by atoms with Gasteiger partial charge in [0.25, 0.3) is 0 Å². The highest BCUT2D eigenvalue weighted by molar-refractivity contribution is 4.78. The molecule has 0 aliphatic heterocycles. The van der Waals surface area contributed by atoms with Crippen LogP contribution in [-0.2, 0) is 4.74 Å². The van der Waals surface area contributed by atoms with E-state index in [0.717, 1.165) is 0 Å². The van der Waals surface area contributed by atoms with Crippen LogP contribution in [0.5, 0.6) is 0 Å². The maximum absolute atomic E-state index is 8.80. The first-order valence-electron chi connectivity index (χ1n) is 3.03. The maximum Gasteiger partial charge on any atom is 0.175 e. The Hall–Kier alpha value is -0.580. The van der Waals surface area contributed by atoms with Gasteiger partial charge in [-0.05, 0) is 19.2 Å². The summed E-state index contributed by atoms with van der Waals surface area (Å²) < 4.78 is 4.68. The Labute approximate surface area is 59.9 Å². The zero-order chi connectivity index (χ0) is 7.98. The molecule has 60 valence electrons. The highest BCUT2D eigenvalue weighted by Crippen LogP contribution is 1.90. The molecular weight excluding hydrogens is 134 g/mol. The van der Waals surface area contributed by atoms with Crippen molar-refractivity contribution in [2.45, 2.75) is 19.3 Å². The van der Waals surface area contributed by atoms with Crippen LogP contribution in [0, 0.1) is 0 Å². The molecule has 0 saturated heterocycles. The Morgan fingerprint density at radius 1 is 1.60 bits per heavy atom. The molecular formula is C6H13NO3. The summed E-state index contributed by atoms with van der Waals surface area (Å²) in [4.78, 5) is 0. The Morgan fingerprint density at radius 3 is 2.60 bits per heavy atom. The second-order valence-electron chi connectivity index (χ2n) is 1.96. The third kappa shape index (κ3) is 5.55. The monoisotopic (exact) mass is 147 g/mol. The average Bonchev–Trinajstić information content (AvgIpc) is 1.85. The molecule has 0 aromatic carbocycles.